The van der Waals surface area contributed by atoms with Crippen molar-refractivity contribution in [3.05, 3.63) is 29.8 Å². The lowest BCUT2D eigenvalue weighted by molar-refractivity contribution is -0.0399. The molecule has 1 unspecified atom stereocenters. The molecule has 3 N–H and O–H groups in total. The molecule has 2 rings (SSSR count). The maximum Gasteiger partial charge on any atom is 0.0896 e. The highest BCUT2D eigenvalue weighted by Crippen LogP contribution is 2.42. The Labute approximate surface area is 84.7 Å². The van der Waals surface area contributed by atoms with Crippen molar-refractivity contribution in [1.82, 2.24) is 0 Å². The van der Waals surface area contributed by atoms with E-state index in [0.717, 1.165) is 24.1 Å². The zero-order chi connectivity index (χ0) is 10.2. The maximum absolute atomic E-state index is 10.4. The minimum Gasteiger partial charge on any atom is -0.399 e. The van der Waals surface area contributed by atoms with Gasteiger partial charge in [-0.15, -0.1) is 0 Å². The fourth-order valence-electron chi connectivity index (χ4n) is 2.03. The maximum atomic E-state index is 10.4. The van der Waals surface area contributed by atoms with Crippen LogP contribution in [0.5, 0.6) is 0 Å². The van der Waals surface area contributed by atoms with E-state index in [1.54, 1.807) is 0 Å². The van der Waals surface area contributed by atoms with E-state index in [1.165, 1.54) is 6.42 Å². The Morgan fingerprint density at radius 2 is 1.86 bits per heavy atom. The first kappa shape index (κ1) is 9.53. The van der Waals surface area contributed by atoms with Crippen molar-refractivity contribution in [3.8, 4) is 0 Å². The van der Waals surface area contributed by atoms with E-state index in [0.29, 0.717) is 5.92 Å². The van der Waals surface area contributed by atoms with E-state index in [1.807, 2.05) is 31.2 Å². The molecule has 1 atom stereocenters. The standard InChI is InChI=1S/C12H17NO/c1-12(14,9-3-2-4-9)10-5-7-11(13)8-6-10/h5-9,14H,2-4,13H2,1H3. The van der Waals surface area contributed by atoms with E-state index in [4.69, 9.17) is 5.73 Å². The lowest BCUT2D eigenvalue weighted by Gasteiger charge is -2.39. The molecule has 0 saturated heterocycles. The molecular formula is C12H17NO. The summed E-state index contributed by atoms with van der Waals surface area (Å²) in [6, 6.07) is 7.55. The Morgan fingerprint density at radius 1 is 1.29 bits per heavy atom. The summed E-state index contributed by atoms with van der Waals surface area (Å²) in [5, 5.41) is 10.4. The Balaban J connectivity index is 2.23. The monoisotopic (exact) mass is 191 g/mol. The first-order valence-corrected chi connectivity index (χ1v) is 5.19. The lowest BCUT2D eigenvalue weighted by Crippen LogP contribution is -2.36. The Kier molecular flexibility index (Phi) is 2.23. The number of nitrogens with two attached hydrogens (primary N) is 1. The second kappa shape index (κ2) is 3.28. The molecule has 1 aromatic rings. The molecule has 0 bridgehead atoms. The van der Waals surface area contributed by atoms with Gasteiger partial charge in [0, 0.05) is 5.69 Å². The molecule has 2 nitrogen and oxygen atoms in total. The third-order valence-electron chi connectivity index (χ3n) is 3.40. The van der Waals surface area contributed by atoms with E-state index < -0.39 is 5.60 Å². The van der Waals surface area contributed by atoms with Crippen molar-refractivity contribution in [1.29, 1.82) is 0 Å². The minimum atomic E-state index is -0.675. The van der Waals surface area contributed by atoms with Crippen molar-refractivity contribution in [3.63, 3.8) is 0 Å². The average molecular weight is 191 g/mol. The fraction of sp³-hybridized carbons (Fsp3) is 0.500. The van der Waals surface area contributed by atoms with Gasteiger partial charge in [0.2, 0.25) is 0 Å². The number of nitrogen functional groups attached to an aromatic ring is 1. The molecule has 1 aliphatic rings. The van der Waals surface area contributed by atoms with Gasteiger partial charge in [0.15, 0.2) is 0 Å². The van der Waals surface area contributed by atoms with Crippen LogP contribution in [0.25, 0.3) is 0 Å². The summed E-state index contributed by atoms with van der Waals surface area (Å²) in [5.74, 6) is 0.422. The van der Waals surface area contributed by atoms with E-state index >= 15 is 0 Å². The van der Waals surface area contributed by atoms with Crippen LogP contribution >= 0.6 is 0 Å². The molecule has 2 heteroatoms. The van der Waals surface area contributed by atoms with E-state index in [-0.39, 0.29) is 0 Å². The van der Waals surface area contributed by atoms with Crippen LogP contribution in [0.2, 0.25) is 0 Å². The zero-order valence-corrected chi connectivity index (χ0v) is 8.53. The molecule has 0 radical (unpaired) electrons. The van der Waals surface area contributed by atoms with Crippen LogP contribution in [0.3, 0.4) is 0 Å². The molecule has 1 fully saturated rings. The van der Waals surface area contributed by atoms with Crippen LogP contribution in [0.1, 0.15) is 31.7 Å². The second-order valence-electron chi connectivity index (χ2n) is 4.40. The molecule has 1 aliphatic carbocycles. The summed E-state index contributed by atoms with van der Waals surface area (Å²) in [6.07, 6.45) is 3.52. The summed E-state index contributed by atoms with van der Waals surface area (Å²) in [6.45, 7) is 1.91. The summed E-state index contributed by atoms with van der Waals surface area (Å²) in [5.41, 5.74) is 6.67. The van der Waals surface area contributed by atoms with Gasteiger partial charge in [-0.1, -0.05) is 18.6 Å². The molecule has 0 heterocycles. The van der Waals surface area contributed by atoms with Crippen molar-refractivity contribution >= 4 is 5.69 Å². The van der Waals surface area contributed by atoms with E-state index in [2.05, 4.69) is 0 Å². The van der Waals surface area contributed by atoms with E-state index in [9.17, 15) is 5.11 Å². The van der Waals surface area contributed by atoms with Gasteiger partial charge in [0.25, 0.3) is 0 Å². The fourth-order valence-corrected chi connectivity index (χ4v) is 2.03. The highest BCUT2D eigenvalue weighted by molar-refractivity contribution is 5.41. The quantitative estimate of drug-likeness (QED) is 0.704. The van der Waals surface area contributed by atoms with Crippen LogP contribution in [0, 0.1) is 5.92 Å². The molecule has 0 aliphatic heterocycles. The molecule has 1 aromatic carbocycles. The van der Waals surface area contributed by atoms with Crippen molar-refractivity contribution in [2.24, 2.45) is 5.92 Å². The SMILES string of the molecule is CC(O)(c1ccc(N)cc1)C1CCC1. The highest BCUT2D eigenvalue weighted by Gasteiger charge is 2.37. The number of anilines is 1. The van der Waals surface area contributed by atoms with Gasteiger partial charge in [0.05, 0.1) is 5.60 Å². The topological polar surface area (TPSA) is 46.2 Å². The highest BCUT2D eigenvalue weighted by atomic mass is 16.3. The van der Waals surface area contributed by atoms with Crippen LogP contribution < -0.4 is 5.73 Å². The van der Waals surface area contributed by atoms with Gasteiger partial charge >= 0.3 is 0 Å². The Hall–Kier alpha value is -1.02. The summed E-state index contributed by atoms with van der Waals surface area (Å²) >= 11 is 0. The predicted octanol–water partition coefficient (Wildman–Crippen LogP) is 2.28. The number of hydrogen-bond acceptors (Lipinski definition) is 2. The number of benzene rings is 1. The third kappa shape index (κ3) is 1.50. The van der Waals surface area contributed by atoms with Crippen molar-refractivity contribution in [2.45, 2.75) is 31.8 Å². The van der Waals surface area contributed by atoms with Crippen LogP contribution in [0.15, 0.2) is 24.3 Å². The van der Waals surface area contributed by atoms with Gasteiger partial charge in [0.1, 0.15) is 0 Å². The number of hydrogen-bond donors (Lipinski definition) is 2. The number of aliphatic hydroxyl groups is 1. The normalized spacial score (nSPS) is 21.3. The first-order valence-electron chi connectivity index (χ1n) is 5.19. The van der Waals surface area contributed by atoms with Crippen molar-refractivity contribution in [2.75, 3.05) is 5.73 Å². The molecule has 0 spiro atoms. The molecule has 76 valence electrons. The lowest BCUT2D eigenvalue weighted by atomic mass is 9.71. The smallest absolute Gasteiger partial charge is 0.0896 e. The molecule has 1 saturated carbocycles. The zero-order valence-electron chi connectivity index (χ0n) is 8.53. The van der Waals surface area contributed by atoms with Gasteiger partial charge < -0.3 is 10.8 Å². The van der Waals surface area contributed by atoms with Gasteiger partial charge in [-0.2, -0.15) is 0 Å². The predicted molar refractivity (Wildman–Crippen MR) is 57.8 cm³/mol. The number of rotatable bonds is 2. The van der Waals surface area contributed by atoms with Gasteiger partial charge in [-0.3, -0.25) is 0 Å². The largest absolute Gasteiger partial charge is 0.399 e. The Morgan fingerprint density at radius 3 is 2.29 bits per heavy atom. The van der Waals surface area contributed by atoms with Crippen LogP contribution in [0.4, 0.5) is 5.69 Å². The van der Waals surface area contributed by atoms with Crippen molar-refractivity contribution < 1.29 is 5.11 Å². The Bertz CT molecular complexity index is 312. The average Bonchev–Trinajstić information content (AvgIpc) is 2.00. The molecule has 0 amide bonds. The summed E-state index contributed by atoms with van der Waals surface area (Å²) in [4.78, 5) is 0. The first-order chi connectivity index (χ1) is 6.60. The molecular weight excluding hydrogens is 174 g/mol. The molecule has 14 heavy (non-hydrogen) atoms. The van der Waals surface area contributed by atoms with Gasteiger partial charge in [-0.05, 0) is 43.4 Å². The van der Waals surface area contributed by atoms with Crippen LogP contribution in [-0.4, -0.2) is 5.11 Å². The minimum absolute atomic E-state index is 0.422. The van der Waals surface area contributed by atoms with Crippen LogP contribution in [-0.2, 0) is 5.60 Å². The third-order valence-corrected chi connectivity index (χ3v) is 3.40. The molecule has 0 aromatic heterocycles. The summed E-state index contributed by atoms with van der Waals surface area (Å²) < 4.78 is 0. The second-order valence-corrected chi connectivity index (χ2v) is 4.40. The van der Waals surface area contributed by atoms with Gasteiger partial charge in [-0.25, -0.2) is 0 Å². The summed E-state index contributed by atoms with van der Waals surface area (Å²) in [7, 11) is 0.